The molecule has 0 radical (unpaired) electrons. The number of carbonyl (C=O) groups excluding carboxylic acids is 1. The predicted octanol–water partition coefficient (Wildman–Crippen LogP) is -0.308. The lowest BCUT2D eigenvalue weighted by molar-refractivity contribution is -0.130. The molecule has 110 valence electrons. The van der Waals surface area contributed by atoms with Gasteiger partial charge in [-0.2, -0.15) is 0 Å². The minimum Gasteiger partial charge on any atom is -0.345 e. The summed E-state index contributed by atoms with van der Waals surface area (Å²) in [5.41, 5.74) is 0. The van der Waals surface area contributed by atoms with Gasteiger partial charge in [0.2, 0.25) is 5.91 Å². The molecule has 0 spiro atoms. The van der Waals surface area contributed by atoms with Crippen molar-refractivity contribution in [3.05, 3.63) is 0 Å². The van der Waals surface area contributed by atoms with Gasteiger partial charge in [-0.1, -0.05) is 0 Å². The number of likely N-dealkylation sites (tertiary alicyclic amines) is 1. The molecule has 2 rings (SSSR count). The SMILES string of the molecule is CN1CCC(CN(C)C(=O)CCN2CCNCC2)C1. The smallest absolute Gasteiger partial charge is 0.223 e. The van der Waals surface area contributed by atoms with Gasteiger partial charge in [0.1, 0.15) is 0 Å². The molecule has 2 aliphatic rings. The van der Waals surface area contributed by atoms with Gasteiger partial charge in [0, 0.05) is 59.3 Å². The molecule has 0 bridgehead atoms. The van der Waals surface area contributed by atoms with E-state index in [0.29, 0.717) is 18.2 Å². The van der Waals surface area contributed by atoms with Crippen LogP contribution in [0.15, 0.2) is 0 Å². The lowest BCUT2D eigenvalue weighted by Crippen LogP contribution is -2.45. The Morgan fingerprint density at radius 1 is 1.32 bits per heavy atom. The van der Waals surface area contributed by atoms with Crippen molar-refractivity contribution in [3.8, 4) is 0 Å². The van der Waals surface area contributed by atoms with Crippen LogP contribution in [0.1, 0.15) is 12.8 Å². The van der Waals surface area contributed by atoms with E-state index in [1.165, 1.54) is 13.0 Å². The van der Waals surface area contributed by atoms with Crippen molar-refractivity contribution in [2.45, 2.75) is 12.8 Å². The van der Waals surface area contributed by atoms with Gasteiger partial charge >= 0.3 is 0 Å². The van der Waals surface area contributed by atoms with Gasteiger partial charge in [-0.25, -0.2) is 0 Å². The van der Waals surface area contributed by atoms with Gasteiger partial charge in [0.15, 0.2) is 0 Å². The van der Waals surface area contributed by atoms with Crippen LogP contribution in [0.4, 0.5) is 0 Å². The molecule has 0 aromatic carbocycles. The number of amides is 1. The van der Waals surface area contributed by atoms with Crippen molar-refractivity contribution in [3.63, 3.8) is 0 Å². The maximum absolute atomic E-state index is 12.1. The third-order valence-electron chi connectivity index (χ3n) is 4.30. The zero-order valence-electron chi connectivity index (χ0n) is 12.4. The van der Waals surface area contributed by atoms with Crippen LogP contribution in [0.3, 0.4) is 0 Å². The van der Waals surface area contributed by atoms with Gasteiger partial charge < -0.3 is 20.0 Å². The Balaban J connectivity index is 1.64. The number of piperazine rings is 1. The van der Waals surface area contributed by atoms with Crippen LogP contribution >= 0.6 is 0 Å². The first-order valence-corrected chi connectivity index (χ1v) is 7.50. The monoisotopic (exact) mass is 268 g/mol. The lowest BCUT2D eigenvalue weighted by Gasteiger charge is -2.28. The minimum absolute atomic E-state index is 0.299. The van der Waals surface area contributed by atoms with Gasteiger partial charge in [-0.05, 0) is 25.9 Å². The second kappa shape index (κ2) is 7.22. The van der Waals surface area contributed by atoms with Crippen LogP contribution in [0, 0.1) is 5.92 Å². The maximum atomic E-state index is 12.1. The van der Waals surface area contributed by atoms with Crippen molar-refractivity contribution in [1.82, 2.24) is 20.0 Å². The molecule has 1 unspecified atom stereocenters. The molecule has 0 aromatic rings. The number of nitrogens with zero attached hydrogens (tertiary/aromatic N) is 3. The predicted molar refractivity (Wildman–Crippen MR) is 77.2 cm³/mol. The van der Waals surface area contributed by atoms with Crippen LogP contribution in [0.5, 0.6) is 0 Å². The lowest BCUT2D eigenvalue weighted by atomic mass is 10.1. The van der Waals surface area contributed by atoms with E-state index in [4.69, 9.17) is 0 Å². The molecular weight excluding hydrogens is 240 g/mol. The highest BCUT2D eigenvalue weighted by atomic mass is 16.2. The summed E-state index contributed by atoms with van der Waals surface area (Å²) in [4.78, 5) is 18.8. The number of hydrogen-bond acceptors (Lipinski definition) is 4. The molecule has 1 atom stereocenters. The molecule has 2 saturated heterocycles. The Morgan fingerprint density at radius 2 is 2.05 bits per heavy atom. The summed E-state index contributed by atoms with van der Waals surface area (Å²) in [5, 5.41) is 3.34. The fourth-order valence-electron chi connectivity index (χ4n) is 3.04. The second-order valence-corrected chi connectivity index (χ2v) is 6.03. The summed E-state index contributed by atoms with van der Waals surface area (Å²) in [6.45, 7) is 8.40. The Hall–Kier alpha value is -0.650. The topological polar surface area (TPSA) is 38.8 Å². The van der Waals surface area contributed by atoms with Crippen LogP contribution in [-0.2, 0) is 4.79 Å². The molecule has 0 saturated carbocycles. The van der Waals surface area contributed by atoms with E-state index in [1.54, 1.807) is 0 Å². The molecular formula is C14H28N4O. The summed E-state index contributed by atoms with van der Waals surface area (Å²) in [5.74, 6) is 0.964. The maximum Gasteiger partial charge on any atom is 0.223 e. The van der Waals surface area contributed by atoms with E-state index in [2.05, 4.69) is 22.2 Å². The van der Waals surface area contributed by atoms with Gasteiger partial charge in [-0.15, -0.1) is 0 Å². The van der Waals surface area contributed by atoms with Crippen LogP contribution in [0.2, 0.25) is 0 Å². The minimum atomic E-state index is 0.299. The summed E-state index contributed by atoms with van der Waals surface area (Å²) in [7, 11) is 4.12. The fourth-order valence-corrected chi connectivity index (χ4v) is 3.04. The van der Waals surface area contributed by atoms with E-state index >= 15 is 0 Å². The normalized spacial score (nSPS) is 25.7. The molecule has 2 fully saturated rings. The van der Waals surface area contributed by atoms with Crippen molar-refractivity contribution in [2.24, 2.45) is 5.92 Å². The average Bonchev–Trinajstić information content (AvgIpc) is 2.82. The molecule has 0 aliphatic carbocycles. The second-order valence-electron chi connectivity index (χ2n) is 6.03. The summed E-state index contributed by atoms with van der Waals surface area (Å²) < 4.78 is 0. The molecule has 1 N–H and O–H groups in total. The van der Waals surface area contributed by atoms with E-state index in [0.717, 1.165) is 45.8 Å². The van der Waals surface area contributed by atoms with Crippen molar-refractivity contribution >= 4 is 5.91 Å². The molecule has 1 amide bonds. The summed E-state index contributed by atoms with van der Waals surface area (Å²) in [6, 6.07) is 0. The fraction of sp³-hybridized carbons (Fsp3) is 0.929. The van der Waals surface area contributed by atoms with Crippen LogP contribution in [0.25, 0.3) is 0 Å². The van der Waals surface area contributed by atoms with Gasteiger partial charge in [0.25, 0.3) is 0 Å². The number of carbonyl (C=O) groups is 1. The Kier molecular flexibility index (Phi) is 5.60. The van der Waals surface area contributed by atoms with E-state index in [9.17, 15) is 4.79 Å². The van der Waals surface area contributed by atoms with Crippen molar-refractivity contribution < 1.29 is 4.79 Å². The standard InChI is InChI=1S/C14H28N4O/c1-16-7-3-13(11-16)12-17(2)14(19)4-8-18-9-5-15-6-10-18/h13,15H,3-12H2,1-2H3. The van der Waals surface area contributed by atoms with E-state index < -0.39 is 0 Å². The first-order chi connectivity index (χ1) is 9.15. The highest BCUT2D eigenvalue weighted by Crippen LogP contribution is 2.15. The quantitative estimate of drug-likeness (QED) is 0.742. The third-order valence-corrected chi connectivity index (χ3v) is 4.30. The number of rotatable bonds is 5. The zero-order chi connectivity index (χ0) is 13.7. The molecule has 2 aliphatic heterocycles. The first-order valence-electron chi connectivity index (χ1n) is 7.50. The molecule has 5 nitrogen and oxygen atoms in total. The number of hydrogen-bond donors (Lipinski definition) is 1. The van der Waals surface area contributed by atoms with Crippen LogP contribution in [-0.4, -0.2) is 87.1 Å². The summed E-state index contributed by atoms with van der Waals surface area (Å²) in [6.07, 6.45) is 1.89. The molecule has 2 heterocycles. The third kappa shape index (κ3) is 4.75. The Labute approximate surface area is 116 Å². The first kappa shape index (κ1) is 14.8. The van der Waals surface area contributed by atoms with Crippen molar-refractivity contribution in [1.29, 1.82) is 0 Å². The molecule has 0 aromatic heterocycles. The van der Waals surface area contributed by atoms with Crippen LogP contribution < -0.4 is 5.32 Å². The Bertz CT molecular complexity index is 291. The van der Waals surface area contributed by atoms with Gasteiger partial charge in [-0.3, -0.25) is 4.79 Å². The average molecular weight is 268 g/mol. The van der Waals surface area contributed by atoms with Gasteiger partial charge in [0.05, 0.1) is 0 Å². The van der Waals surface area contributed by atoms with Crippen molar-refractivity contribution in [2.75, 3.05) is 66.5 Å². The number of nitrogens with one attached hydrogen (secondary N) is 1. The molecule has 19 heavy (non-hydrogen) atoms. The molecule has 5 heteroatoms. The zero-order valence-corrected chi connectivity index (χ0v) is 12.4. The largest absolute Gasteiger partial charge is 0.345 e. The summed E-state index contributed by atoms with van der Waals surface area (Å²) >= 11 is 0. The highest BCUT2D eigenvalue weighted by molar-refractivity contribution is 5.76. The Morgan fingerprint density at radius 3 is 2.68 bits per heavy atom. The van der Waals surface area contributed by atoms with E-state index in [-0.39, 0.29) is 0 Å². The highest BCUT2D eigenvalue weighted by Gasteiger charge is 2.22. The van der Waals surface area contributed by atoms with E-state index in [1.807, 2.05) is 11.9 Å².